The molecule has 126 valence electrons. The molecular weight excluding hydrogens is 314 g/mol. The van der Waals surface area contributed by atoms with Crippen molar-refractivity contribution in [2.45, 2.75) is 34.1 Å². The predicted molar refractivity (Wildman–Crippen MR) is 92.9 cm³/mol. The fraction of sp³-hybridized carbons (Fsp3) is 0.438. The molecular formula is C16H23N3O3S. The number of carbonyl (C=O) groups excluding carboxylic acids is 2. The van der Waals surface area contributed by atoms with E-state index in [-0.39, 0.29) is 23.5 Å². The van der Waals surface area contributed by atoms with E-state index in [1.165, 1.54) is 0 Å². The van der Waals surface area contributed by atoms with Gasteiger partial charge in [0.2, 0.25) is 5.91 Å². The second kappa shape index (κ2) is 9.09. The van der Waals surface area contributed by atoms with Crippen LogP contribution in [0.3, 0.4) is 0 Å². The Morgan fingerprint density at radius 1 is 1.17 bits per heavy atom. The number of ether oxygens (including phenoxy) is 1. The van der Waals surface area contributed by atoms with Crippen molar-refractivity contribution in [3.05, 3.63) is 29.3 Å². The van der Waals surface area contributed by atoms with E-state index in [1.807, 2.05) is 39.8 Å². The lowest BCUT2D eigenvalue weighted by molar-refractivity contribution is -0.124. The highest BCUT2D eigenvalue weighted by Gasteiger charge is 2.09. The molecule has 0 saturated heterocycles. The van der Waals surface area contributed by atoms with E-state index >= 15 is 0 Å². The highest BCUT2D eigenvalue weighted by atomic mass is 32.1. The zero-order valence-electron chi connectivity index (χ0n) is 13.9. The molecule has 1 rings (SSSR count). The molecule has 23 heavy (non-hydrogen) atoms. The summed E-state index contributed by atoms with van der Waals surface area (Å²) in [6, 6.07) is 5.65. The summed E-state index contributed by atoms with van der Waals surface area (Å²) in [6.45, 7) is 7.62. The summed E-state index contributed by atoms with van der Waals surface area (Å²) in [5.74, 6) is 0.302. The summed E-state index contributed by atoms with van der Waals surface area (Å²) in [7, 11) is 0. The first-order valence-electron chi connectivity index (χ1n) is 7.37. The molecule has 0 radical (unpaired) electrons. The van der Waals surface area contributed by atoms with Crippen LogP contribution in [0.4, 0.5) is 0 Å². The second-order valence-corrected chi connectivity index (χ2v) is 6.04. The quantitative estimate of drug-likeness (QED) is 0.563. The lowest BCUT2D eigenvalue weighted by atomic mass is 10.1. The topological polar surface area (TPSA) is 79.5 Å². The smallest absolute Gasteiger partial charge is 0.276 e. The van der Waals surface area contributed by atoms with Gasteiger partial charge in [-0.25, -0.2) is 0 Å². The van der Waals surface area contributed by atoms with Gasteiger partial charge in [0, 0.05) is 6.42 Å². The number of carbonyl (C=O) groups is 2. The maximum absolute atomic E-state index is 11.7. The third-order valence-electron chi connectivity index (χ3n) is 3.08. The van der Waals surface area contributed by atoms with Gasteiger partial charge >= 0.3 is 0 Å². The van der Waals surface area contributed by atoms with E-state index in [0.717, 1.165) is 11.1 Å². The van der Waals surface area contributed by atoms with Gasteiger partial charge in [-0.05, 0) is 49.2 Å². The van der Waals surface area contributed by atoms with Crippen LogP contribution < -0.4 is 20.9 Å². The molecule has 0 unspecified atom stereocenters. The lowest BCUT2D eigenvalue weighted by Gasteiger charge is -2.13. The molecule has 1 aromatic carbocycles. The molecule has 6 nitrogen and oxygen atoms in total. The van der Waals surface area contributed by atoms with Gasteiger partial charge in [0.1, 0.15) is 5.75 Å². The SMILES string of the molecule is Cc1cccc(OCC(=O)NNC(=S)NC(=O)CC(C)C)c1C. The minimum Gasteiger partial charge on any atom is -0.483 e. The van der Waals surface area contributed by atoms with E-state index in [2.05, 4.69) is 16.2 Å². The third-order valence-corrected chi connectivity index (χ3v) is 3.28. The van der Waals surface area contributed by atoms with Crippen LogP contribution in [0.2, 0.25) is 0 Å². The van der Waals surface area contributed by atoms with Crippen molar-refractivity contribution in [2.75, 3.05) is 6.61 Å². The Morgan fingerprint density at radius 3 is 2.52 bits per heavy atom. The van der Waals surface area contributed by atoms with Crippen molar-refractivity contribution in [3.8, 4) is 5.75 Å². The molecule has 0 aromatic heterocycles. The van der Waals surface area contributed by atoms with E-state index in [4.69, 9.17) is 17.0 Å². The van der Waals surface area contributed by atoms with Gasteiger partial charge in [0.05, 0.1) is 0 Å². The van der Waals surface area contributed by atoms with Crippen molar-refractivity contribution in [1.82, 2.24) is 16.2 Å². The number of benzene rings is 1. The van der Waals surface area contributed by atoms with Crippen LogP contribution in [0.25, 0.3) is 0 Å². The number of rotatable bonds is 5. The Labute approximate surface area is 141 Å². The van der Waals surface area contributed by atoms with Crippen LogP contribution in [-0.4, -0.2) is 23.5 Å². The van der Waals surface area contributed by atoms with Gasteiger partial charge < -0.3 is 10.1 Å². The number of thiocarbonyl (C=S) groups is 1. The van der Waals surface area contributed by atoms with Crippen molar-refractivity contribution >= 4 is 29.1 Å². The summed E-state index contributed by atoms with van der Waals surface area (Å²) in [5.41, 5.74) is 6.93. The zero-order chi connectivity index (χ0) is 17.4. The molecule has 0 aliphatic rings. The number of aryl methyl sites for hydroxylation is 1. The van der Waals surface area contributed by atoms with E-state index < -0.39 is 5.91 Å². The van der Waals surface area contributed by atoms with Gasteiger partial charge in [-0.2, -0.15) is 0 Å². The Kier molecular flexibility index (Phi) is 7.47. The molecule has 0 bridgehead atoms. The van der Waals surface area contributed by atoms with Crippen LogP contribution in [0.1, 0.15) is 31.4 Å². The van der Waals surface area contributed by atoms with Crippen LogP contribution in [0.15, 0.2) is 18.2 Å². The van der Waals surface area contributed by atoms with Gasteiger partial charge in [0.25, 0.3) is 5.91 Å². The maximum Gasteiger partial charge on any atom is 0.276 e. The maximum atomic E-state index is 11.7. The van der Waals surface area contributed by atoms with Gasteiger partial charge in [-0.15, -0.1) is 0 Å². The molecule has 2 amide bonds. The molecule has 7 heteroatoms. The largest absolute Gasteiger partial charge is 0.483 e. The number of nitrogens with one attached hydrogen (secondary N) is 3. The first kappa shape index (κ1) is 18.9. The summed E-state index contributed by atoms with van der Waals surface area (Å²) >= 11 is 4.92. The van der Waals surface area contributed by atoms with Crippen LogP contribution in [-0.2, 0) is 9.59 Å². The van der Waals surface area contributed by atoms with Crippen molar-refractivity contribution in [1.29, 1.82) is 0 Å². The monoisotopic (exact) mass is 337 g/mol. The Morgan fingerprint density at radius 2 is 1.87 bits per heavy atom. The summed E-state index contributed by atoms with van der Waals surface area (Å²) < 4.78 is 5.46. The first-order valence-corrected chi connectivity index (χ1v) is 7.78. The first-order chi connectivity index (χ1) is 10.8. The normalized spacial score (nSPS) is 10.1. The van der Waals surface area contributed by atoms with Crippen LogP contribution >= 0.6 is 12.2 Å². The highest BCUT2D eigenvalue weighted by molar-refractivity contribution is 7.80. The van der Waals surface area contributed by atoms with Gasteiger partial charge in [-0.1, -0.05) is 26.0 Å². The molecule has 3 N–H and O–H groups in total. The van der Waals surface area contributed by atoms with Crippen LogP contribution in [0, 0.1) is 19.8 Å². The van der Waals surface area contributed by atoms with Crippen LogP contribution in [0.5, 0.6) is 5.75 Å². The fourth-order valence-electron chi connectivity index (χ4n) is 1.77. The second-order valence-electron chi connectivity index (χ2n) is 5.64. The Hall–Kier alpha value is -2.15. The Balaban J connectivity index is 2.33. The lowest BCUT2D eigenvalue weighted by Crippen LogP contribution is -2.49. The number of amides is 2. The van der Waals surface area contributed by atoms with Crippen molar-refractivity contribution in [2.24, 2.45) is 5.92 Å². The van der Waals surface area contributed by atoms with Gasteiger partial charge in [0.15, 0.2) is 11.7 Å². The molecule has 0 fully saturated rings. The number of hydrogen-bond acceptors (Lipinski definition) is 4. The molecule has 0 spiro atoms. The average molecular weight is 337 g/mol. The zero-order valence-corrected chi connectivity index (χ0v) is 14.7. The van der Waals surface area contributed by atoms with E-state index in [1.54, 1.807) is 6.07 Å². The van der Waals surface area contributed by atoms with E-state index in [9.17, 15) is 9.59 Å². The summed E-state index contributed by atoms with van der Waals surface area (Å²) in [6.07, 6.45) is 0.367. The Bertz CT molecular complexity index is 588. The minimum absolute atomic E-state index is 0.0516. The highest BCUT2D eigenvalue weighted by Crippen LogP contribution is 2.20. The molecule has 0 saturated carbocycles. The molecule has 0 aliphatic carbocycles. The predicted octanol–water partition coefficient (Wildman–Crippen LogP) is 1.75. The summed E-state index contributed by atoms with van der Waals surface area (Å²) in [5, 5.41) is 2.53. The standard InChI is InChI=1S/C16H23N3O3S/c1-10(2)8-14(20)17-16(23)19-18-15(21)9-22-13-7-5-6-11(3)12(13)4/h5-7,10H,8-9H2,1-4H3,(H,18,21)(H2,17,19,20,23). The van der Waals surface area contributed by atoms with Crippen molar-refractivity contribution < 1.29 is 14.3 Å². The fourth-order valence-corrected chi connectivity index (χ4v) is 1.93. The molecule has 0 heterocycles. The molecule has 0 atom stereocenters. The molecule has 1 aromatic rings. The average Bonchev–Trinajstić information content (AvgIpc) is 2.45. The van der Waals surface area contributed by atoms with Crippen molar-refractivity contribution in [3.63, 3.8) is 0 Å². The minimum atomic E-state index is -0.397. The number of hydrazine groups is 1. The number of hydrogen-bond donors (Lipinski definition) is 3. The third kappa shape index (κ3) is 7.10. The van der Waals surface area contributed by atoms with E-state index in [0.29, 0.717) is 12.2 Å². The van der Waals surface area contributed by atoms with Gasteiger partial charge in [-0.3, -0.25) is 20.4 Å². The summed E-state index contributed by atoms with van der Waals surface area (Å²) in [4.78, 5) is 23.2. The molecule has 0 aliphatic heterocycles.